The van der Waals surface area contributed by atoms with E-state index in [9.17, 15) is 5.11 Å². The molecule has 0 saturated carbocycles. The van der Waals surface area contributed by atoms with Crippen molar-refractivity contribution in [3.05, 3.63) is 36.3 Å². The van der Waals surface area contributed by atoms with Crippen molar-refractivity contribution in [3.63, 3.8) is 0 Å². The maximum atomic E-state index is 11.1. The highest BCUT2D eigenvalue weighted by molar-refractivity contribution is 8.00. The molecule has 2 bridgehead atoms. The summed E-state index contributed by atoms with van der Waals surface area (Å²) in [6.07, 6.45) is 11.4. The van der Waals surface area contributed by atoms with Crippen LogP contribution in [0.4, 0.5) is 0 Å². The Hall–Kier alpha value is -1.00. The Balaban J connectivity index is 1.72. The molecule has 4 heterocycles. The van der Waals surface area contributed by atoms with Gasteiger partial charge < -0.3 is 9.51 Å². The van der Waals surface area contributed by atoms with Gasteiger partial charge in [0.05, 0.1) is 5.60 Å². The molecule has 100 valence electrons. The van der Waals surface area contributed by atoms with Gasteiger partial charge in [-0.15, -0.1) is 0 Å². The van der Waals surface area contributed by atoms with E-state index in [1.54, 1.807) is 6.20 Å². The van der Waals surface area contributed by atoms with Crippen molar-refractivity contribution in [2.24, 2.45) is 0 Å². The first-order chi connectivity index (χ1) is 9.23. The summed E-state index contributed by atoms with van der Waals surface area (Å²) in [6.45, 7) is 0. The highest BCUT2D eigenvalue weighted by atomic mass is 32.2. The van der Waals surface area contributed by atoms with E-state index in [1.807, 2.05) is 22.9 Å². The van der Waals surface area contributed by atoms with Crippen LogP contribution >= 0.6 is 11.8 Å². The molecule has 2 atom stereocenters. The topological polar surface area (TPSA) is 37.5 Å². The molecule has 19 heavy (non-hydrogen) atoms. The summed E-state index contributed by atoms with van der Waals surface area (Å²) < 4.78 is 1.99. The van der Waals surface area contributed by atoms with E-state index in [2.05, 4.69) is 22.8 Å². The third-order valence-corrected chi connectivity index (χ3v) is 6.08. The van der Waals surface area contributed by atoms with Gasteiger partial charge in [0.15, 0.2) is 0 Å². The van der Waals surface area contributed by atoms with Crippen molar-refractivity contribution in [1.29, 1.82) is 0 Å². The second-order valence-electron chi connectivity index (χ2n) is 5.86. The summed E-state index contributed by atoms with van der Waals surface area (Å²) in [6, 6.07) is 4.10. The maximum absolute atomic E-state index is 11.1. The van der Waals surface area contributed by atoms with Gasteiger partial charge in [0.2, 0.25) is 0 Å². The van der Waals surface area contributed by atoms with Gasteiger partial charge >= 0.3 is 0 Å². The lowest BCUT2D eigenvalue weighted by molar-refractivity contribution is 0.00814. The van der Waals surface area contributed by atoms with Crippen molar-refractivity contribution < 1.29 is 5.11 Å². The molecule has 2 fully saturated rings. The van der Waals surface area contributed by atoms with Crippen LogP contribution in [0, 0.1) is 0 Å². The average Bonchev–Trinajstić information content (AvgIpc) is 2.85. The average molecular weight is 274 g/mol. The molecule has 4 heteroatoms. The minimum absolute atomic E-state index is 0.633. The van der Waals surface area contributed by atoms with Crippen LogP contribution in [0.25, 0.3) is 5.65 Å². The van der Waals surface area contributed by atoms with Crippen molar-refractivity contribution in [2.75, 3.05) is 0 Å². The Bertz CT molecular complexity index is 597. The first-order valence-corrected chi connectivity index (χ1v) is 7.98. The molecule has 4 rings (SSSR count). The van der Waals surface area contributed by atoms with Crippen LogP contribution in [0.15, 0.2) is 30.7 Å². The minimum atomic E-state index is -0.644. The zero-order valence-corrected chi connectivity index (χ0v) is 11.6. The van der Waals surface area contributed by atoms with E-state index in [0.717, 1.165) is 24.1 Å². The molecule has 0 aliphatic carbocycles. The number of imidazole rings is 1. The number of aromatic nitrogens is 2. The Kier molecular flexibility index (Phi) is 2.64. The summed E-state index contributed by atoms with van der Waals surface area (Å²) in [7, 11) is 0. The third-order valence-electron chi connectivity index (χ3n) is 4.50. The molecule has 2 aromatic heterocycles. The van der Waals surface area contributed by atoms with E-state index in [0.29, 0.717) is 10.5 Å². The molecule has 2 unspecified atom stereocenters. The molecule has 2 aromatic rings. The first kappa shape index (κ1) is 11.8. The second kappa shape index (κ2) is 4.25. The fourth-order valence-electron chi connectivity index (χ4n) is 3.55. The van der Waals surface area contributed by atoms with E-state index in [1.165, 1.54) is 19.3 Å². The molecule has 0 amide bonds. The van der Waals surface area contributed by atoms with E-state index in [4.69, 9.17) is 0 Å². The lowest BCUT2D eigenvalue weighted by Gasteiger charge is -2.44. The van der Waals surface area contributed by atoms with E-state index >= 15 is 0 Å². The molecule has 2 aliphatic heterocycles. The minimum Gasteiger partial charge on any atom is -0.385 e. The Labute approximate surface area is 117 Å². The molecule has 3 nitrogen and oxygen atoms in total. The number of fused-ring (bicyclic) bond motifs is 3. The number of hydrogen-bond donors (Lipinski definition) is 1. The summed E-state index contributed by atoms with van der Waals surface area (Å²) in [4.78, 5) is 4.32. The van der Waals surface area contributed by atoms with Crippen LogP contribution < -0.4 is 0 Å². The van der Waals surface area contributed by atoms with Crippen LogP contribution in [0.3, 0.4) is 0 Å². The quantitative estimate of drug-likeness (QED) is 0.868. The van der Waals surface area contributed by atoms with Gasteiger partial charge in [0, 0.05) is 29.1 Å². The summed E-state index contributed by atoms with van der Waals surface area (Å²) >= 11 is 2.09. The fourth-order valence-corrected chi connectivity index (χ4v) is 5.45. The highest BCUT2D eigenvalue weighted by Crippen LogP contribution is 2.49. The summed E-state index contributed by atoms with van der Waals surface area (Å²) in [5.41, 5.74) is 1.33. The fraction of sp³-hybridized carbons (Fsp3) is 0.533. The predicted octanol–water partition coefficient (Wildman–Crippen LogP) is 2.97. The van der Waals surface area contributed by atoms with Crippen LogP contribution in [0.1, 0.15) is 37.7 Å². The third kappa shape index (κ3) is 1.98. The molecule has 2 aliphatic rings. The van der Waals surface area contributed by atoms with Crippen LogP contribution in [-0.2, 0) is 5.60 Å². The van der Waals surface area contributed by atoms with Crippen LogP contribution in [0.5, 0.6) is 0 Å². The SMILES string of the molecule is OC1(c2ccn3ccnc3c2)CC2CCCC(C1)S2. The molecule has 1 N–H and O–H groups in total. The number of nitrogens with zero attached hydrogens (tertiary/aromatic N) is 2. The summed E-state index contributed by atoms with van der Waals surface area (Å²) in [5.74, 6) is 0. The zero-order valence-electron chi connectivity index (χ0n) is 10.8. The standard InChI is InChI=1S/C15H18N2OS/c18-15(9-12-2-1-3-13(10-15)19-12)11-4-6-17-7-5-16-14(17)8-11/h4-8,12-13,18H,1-3,9-10H2. The van der Waals surface area contributed by atoms with Gasteiger partial charge in [-0.2, -0.15) is 11.8 Å². The van der Waals surface area contributed by atoms with Crippen molar-refractivity contribution in [3.8, 4) is 0 Å². The summed E-state index contributed by atoms with van der Waals surface area (Å²) in [5, 5.41) is 12.4. The number of aliphatic hydroxyl groups is 1. The van der Waals surface area contributed by atoms with E-state index < -0.39 is 5.60 Å². The van der Waals surface area contributed by atoms with Crippen molar-refractivity contribution in [2.45, 2.75) is 48.2 Å². The predicted molar refractivity (Wildman–Crippen MR) is 77.3 cm³/mol. The number of thioether (sulfide) groups is 1. The molecule has 0 radical (unpaired) electrons. The number of pyridine rings is 1. The lowest BCUT2D eigenvalue weighted by Crippen LogP contribution is -2.40. The van der Waals surface area contributed by atoms with Gasteiger partial charge in [0.1, 0.15) is 5.65 Å². The molecule has 0 aromatic carbocycles. The Morgan fingerprint density at radius 2 is 2.05 bits per heavy atom. The monoisotopic (exact) mass is 274 g/mol. The van der Waals surface area contributed by atoms with Gasteiger partial charge in [-0.05, 0) is 43.4 Å². The molecular formula is C15H18N2OS. The number of rotatable bonds is 1. The lowest BCUT2D eigenvalue weighted by atomic mass is 9.81. The Morgan fingerprint density at radius 3 is 2.84 bits per heavy atom. The van der Waals surface area contributed by atoms with Gasteiger partial charge in [-0.3, -0.25) is 0 Å². The maximum Gasteiger partial charge on any atom is 0.137 e. The largest absolute Gasteiger partial charge is 0.385 e. The van der Waals surface area contributed by atoms with Crippen molar-refractivity contribution in [1.82, 2.24) is 9.38 Å². The van der Waals surface area contributed by atoms with Gasteiger partial charge in [0.25, 0.3) is 0 Å². The second-order valence-corrected chi connectivity index (χ2v) is 7.46. The van der Waals surface area contributed by atoms with E-state index in [-0.39, 0.29) is 0 Å². The van der Waals surface area contributed by atoms with Gasteiger partial charge in [-0.25, -0.2) is 4.98 Å². The smallest absolute Gasteiger partial charge is 0.137 e. The number of hydrogen-bond acceptors (Lipinski definition) is 3. The molecule has 0 spiro atoms. The molecular weight excluding hydrogens is 256 g/mol. The van der Waals surface area contributed by atoms with Crippen molar-refractivity contribution >= 4 is 17.4 Å². The normalized spacial score (nSPS) is 34.6. The van der Waals surface area contributed by atoms with Gasteiger partial charge in [-0.1, -0.05) is 6.42 Å². The highest BCUT2D eigenvalue weighted by Gasteiger charge is 2.42. The first-order valence-electron chi connectivity index (χ1n) is 7.04. The van der Waals surface area contributed by atoms with Crippen LogP contribution in [-0.4, -0.2) is 25.0 Å². The molecule has 2 saturated heterocycles. The van der Waals surface area contributed by atoms with Crippen LogP contribution in [0.2, 0.25) is 0 Å². The Morgan fingerprint density at radius 1 is 1.26 bits per heavy atom. The zero-order chi connectivity index (χ0) is 12.9.